The van der Waals surface area contributed by atoms with Gasteiger partial charge in [0.2, 0.25) is 5.95 Å². The Labute approximate surface area is 109 Å². The SMILES string of the molecule is O=C(O)CC1CN(c2nnnn2-c2ccccc2)C1. The summed E-state index contributed by atoms with van der Waals surface area (Å²) in [6.07, 6.45) is 0.198. The maximum atomic E-state index is 10.6. The molecule has 7 heteroatoms. The summed E-state index contributed by atoms with van der Waals surface area (Å²) in [7, 11) is 0. The highest BCUT2D eigenvalue weighted by Gasteiger charge is 2.32. The number of aromatic nitrogens is 4. The van der Waals surface area contributed by atoms with Gasteiger partial charge in [-0.3, -0.25) is 4.79 Å². The van der Waals surface area contributed by atoms with Crippen molar-refractivity contribution >= 4 is 11.9 Å². The number of hydrogen-bond donors (Lipinski definition) is 1. The summed E-state index contributed by atoms with van der Waals surface area (Å²) in [6.45, 7) is 1.36. The summed E-state index contributed by atoms with van der Waals surface area (Å²) >= 11 is 0. The van der Waals surface area contributed by atoms with Gasteiger partial charge in [0.1, 0.15) is 0 Å². The normalized spacial score (nSPS) is 15.3. The average Bonchev–Trinajstić information content (AvgIpc) is 2.82. The van der Waals surface area contributed by atoms with Crippen molar-refractivity contribution in [2.24, 2.45) is 5.92 Å². The Hall–Kier alpha value is -2.44. The number of aliphatic carboxylic acids is 1. The molecule has 3 rings (SSSR count). The van der Waals surface area contributed by atoms with Crippen LogP contribution in [0.3, 0.4) is 0 Å². The van der Waals surface area contributed by atoms with Crippen molar-refractivity contribution in [3.63, 3.8) is 0 Å². The topological polar surface area (TPSA) is 84.1 Å². The molecule has 7 nitrogen and oxygen atoms in total. The fourth-order valence-electron chi connectivity index (χ4n) is 2.23. The highest BCUT2D eigenvalue weighted by Crippen LogP contribution is 2.25. The van der Waals surface area contributed by atoms with Crippen LogP contribution in [0.15, 0.2) is 30.3 Å². The van der Waals surface area contributed by atoms with Crippen LogP contribution in [-0.2, 0) is 4.79 Å². The lowest BCUT2D eigenvalue weighted by Crippen LogP contribution is -2.48. The third-order valence-corrected chi connectivity index (χ3v) is 3.16. The summed E-state index contributed by atoms with van der Waals surface area (Å²) in [5.74, 6) is 0.0820. The van der Waals surface area contributed by atoms with E-state index in [-0.39, 0.29) is 12.3 Å². The molecular formula is C12H13N5O2. The Morgan fingerprint density at radius 3 is 2.74 bits per heavy atom. The molecule has 0 amide bonds. The van der Waals surface area contributed by atoms with Crippen LogP contribution in [0.4, 0.5) is 5.95 Å². The van der Waals surface area contributed by atoms with Crippen molar-refractivity contribution in [2.75, 3.05) is 18.0 Å². The zero-order chi connectivity index (χ0) is 13.2. The van der Waals surface area contributed by atoms with Crippen molar-refractivity contribution in [3.8, 4) is 5.69 Å². The molecule has 2 aromatic rings. The largest absolute Gasteiger partial charge is 0.481 e. The molecule has 1 aliphatic rings. The van der Waals surface area contributed by atoms with Crippen LogP contribution in [0.1, 0.15) is 6.42 Å². The Morgan fingerprint density at radius 2 is 2.05 bits per heavy atom. The second-order valence-electron chi connectivity index (χ2n) is 4.60. The highest BCUT2D eigenvalue weighted by atomic mass is 16.4. The second-order valence-corrected chi connectivity index (χ2v) is 4.60. The predicted octanol–water partition coefficient (Wildman–Crippen LogP) is 0.573. The Kier molecular flexibility index (Phi) is 2.86. The molecule has 0 atom stereocenters. The Balaban J connectivity index is 1.74. The molecule has 1 saturated heterocycles. The summed E-state index contributed by atoms with van der Waals surface area (Å²) in [6, 6.07) is 9.62. The van der Waals surface area contributed by atoms with E-state index >= 15 is 0 Å². The minimum atomic E-state index is -0.757. The predicted molar refractivity (Wildman–Crippen MR) is 67.1 cm³/mol. The lowest BCUT2D eigenvalue weighted by atomic mass is 9.97. The van der Waals surface area contributed by atoms with Crippen LogP contribution >= 0.6 is 0 Å². The van der Waals surface area contributed by atoms with Crippen molar-refractivity contribution in [3.05, 3.63) is 30.3 Å². The molecule has 0 saturated carbocycles. The van der Waals surface area contributed by atoms with Gasteiger partial charge in [-0.2, -0.15) is 4.68 Å². The summed E-state index contributed by atoms with van der Waals surface area (Å²) in [4.78, 5) is 12.6. The number of benzene rings is 1. The third-order valence-electron chi connectivity index (χ3n) is 3.16. The molecular weight excluding hydrogens is 246 g/mol. The third kappa shape index (κ3) is 2.26. The van der Waals surface area contributed by atoms with Crippen LogP contribution in [0.2, 0.25) is 0 Å². The van der Waals surface area contributed by atoms with Crippen molar-refractivity contribution in [1.29, 1.82) is 0 Å². The van der Waals surface area contributed by atoms with Gasteiger partial charge < -0.3 is 10.0 Å². The van der Waals surface area contributed by atoms with Gasteiger partial charge in [0.15, 0.2) is 0 Å². The number of nitrogens with zero attached hydrogens (tertiary/aromatic N) is 5. The van der Waals surface area contributed by atoms with Gasteiger partial charge in [0.25, 0.3) is 0 Å². The standard InChI is InChI=1S/C12H13N5O2/c18-11(19)6-9-7-16(8-9)12-13-14-15-17(12)10-4-2-1-3-5-10/h1-5,9H,6-8H2,(H,18,19). The van der Waals surface area contributed by atoms with E-state index in [1.54, 1.807) is 4.68 Å². The summed E-state index contributed by atoms with van der Waals surface area (Å²) < 4.78 is 1.66. The van der Waals surface area contributed by atoms with Crippen LogP contribution in [0, 0.1) is 5.92 Å². The minimum absolute atomic E-state index is 0.179. The number of hydrogen-bond acceptors (Lipinski definition) is 5. The van der Waals surface area contributed by atoms with Gasteiger partial charge in [0.05, 0.1) is 12.1 Å². The number of carbonyl (C=O) groups is 1. The molecule has 0 spiro atoms. The molecule has 19 heavy (non-hydrogen) atoms. The molecule has 0 bridgehead atoms. The van der Waals surface area contributed by atoms with Crippen LogP contribution in [0.5, 0.6) is 0 Å². The molecule has 0 unspecified atom stereocenters. The van der Waals surface area contributed by atoms with E-state index < -0.39 is 5.97 Å². The van der Waals surface area contributed by atoms with E-state index in [1.165, 1.54) is 0 Å². The first-order valence-corrected chi connectivity index (χ1v) is 6.04. The molecule has 2 heterocycles. The number of carboxylic acids is 1. The minimum Gasteiger partial charge on any atom is -0.481 e. The lowest BCUT2D eigenvalue weighted by Gasteiger charge is -2.38. The number of rotatable bonds is 4. The lowest BCUT2D eigenvalue weighted by molar-refractivity contribution is -0.138. The van der Waals surface area contributed by atoms with Gasteiger partial charge in [0, 0.05) is 19.0 Å². The van der Waals surface area contributed by atoms with Gasteiger partial charge in [-0.15, -0.1) is 0 Å². The number of para-hydroxylation sites is 1. The molecule has 1 aliphatic heterocycles. The first-order valence-electron chi connectivity index (χ1n) is 6.04. The molecule has 98 valence electrons. The average molecular weight is 259 g/mol. The zero-order valence-electron chi connectivity index (χ0n) is 10.2. The maximum absolute atomic E-state index is 10.6. The number of carboxylic acid groups (broad SMARTS) is 1. The Bertz CT molecular complexity index is 577. The molecule has 1 fully saturated rings. The highest BCUT2D eigenvalue weighted by molar-refractivity contribution is 5.67. The van der Waals surface area contributed by atoms with Crippen molar-refractivity contribution in [1.82, 2.24) is 20.2 Å². The van der Waals surface area contributed by atoms with Crippen LogP contribution < -0.4 is 4.90 Å². The molecule has 1 aromatic heterocycles. The first-order chi connectivity index (χ1) is 9.24. The second kappa shape index (κ2) is 4.68. The summed E-state index contributed by atoms with van der Waals surface area (Å²) in [5.41, 5.74) is 0.893. The smallest absolute Gasteiger partial charge is 0.303 e. The number of tetrazole rings is 1. The van der Waals surface area contributed by atoms with Crippen molar-refractivity contribution < 1.29 is 9.90 Å². The molecule has 1 N–H and O–H groups in total. The maximum Gasteiger partial charge on any atom is 0.303 e. The molecule has 1 aromatic carbocycles. The molecule has 0 radical (unpaired) electrons. The van der Waals surface area contributed by atoms with E-state index in [0.717, 1.165) is 5.69 Å². The fourth-order valence-corrected chi connectivity index (χ4v) is 2.23. The summed E-state index contributed by atoms with van der Waals surface area (Å²) in [5, 5.41) is 20.4. The molecule has 0 aliphatic carbocycles. The van der Waals surface area contributed by atoms with E-state index in [0.29, 0.717) is 19.0 Å². The fraction of sp³-hybridized carbons (Fsp3) is 0.333. The van der Waals surface area contributed by atoms with E-state index in [4.69, 9.17) is 5.11 Å². The van der Waals surface area contributed by atoms with E-state index in [2.05, 4.69) is 15.5 Å². The van der Waals surface area contributed by atoms with Gasteiger partial charge >= 0.3 is 5.97 Å². The number of anilines is 1. The van der Waals surface area contributed by atoms with Gasteiger partial charge in [-0.05, 0) is 22.6 Å². The van der Waals surface area contributed by atoms with Gasteiger partial charge in [-0.1, -0.05) is 23.3 Å². The monoisotopic (exact) mass is 259 g/mol. The van der Waals surface area contributed by atoms with Crippen LogP contribution in [0.25, 0.3) is 5.69 Å². The van der Waals surface area contributed by atoms with E-state index in [1.807, 2.05) is 35.2 Å². The first kappa shape index (κ1) is 11.6. The van der Waals surface area contributed by atoms with E-state index in [9.17, 15) is 4.79 Å². The quantitative estimate of drug-likeness (QED) is 0.864. The van der Waals surface area contributed by atoms with Gasteiger partial charge in [-0.25, -0.2) is 0 Å². The van der Waals surface area contributed by atoms with Crippen LogP contribution in [-0.4, -0.2) is 44.4 Å². The zero-order valence-corrected chi connectivity index (χ0v) is 10.2. The van der Waals surface area contributed by atoms with Crippen molar-refractivity contribution in [2.45, 2.75) is 6.42 Å². The Morgan fingerprint density at radius 1 is 1.32 bits per heavy atom.